The molecule has 4 aromatic carbocycles. The van der Waals surface area contributed by atoms with E-state index in [1.54, 1.807) is 0 Å². The van der Waals surface area contributed by atoms with Crippen LogP contribution in [0.1, 0.15) is 54.8 Å². The summed E-state index contributed by atoms with van der Waals surface area (Å²) in [7, 11) is 0. The van der Waals surface area contributed by atoms with Crippen LogP contribution in [-0.2, 0) is 0 Å². The molecular formula is C36H26Cl2O2. The minimum Gasteiger partial charge on any atom is -0.289 e. The third kappa shape index (κ3) is 4.58. The highest BCUT2D eigenvalue weighted by Crippen LogP contribution is 2.44. The lowest BCUT2D eigenvalue weighted by Gasteiger charge is -2.28. The number of benzene rings is 4. The largest absolute Gasteiger partial charge is 0.289 e. The Morgan fingerprint density at radius 1 is 0.450 bits per heavy atom. The van der Waals surface area contributed by atoms with Crippen LogP contribution in [-0.4, -0.2) is 23.3 Å². The summed E-state index contributed by atoms with van der Waals surface area (Å²) in [6.07, 6.45) is 3.97. The zero-order valence-electron chi connectivity index (χ0n) is 21.7. The number of fused-ring (bicyclic) bond motifs is 2. The molecule has 2 atom stereocenters. The number of hydrogen-bond donors (Lipinski definition) is 0. The van der Waals surface area contributed by atoms with E-state index in [2.05, 4.69) is 0 Å². The number of carbonyl (C=O) groups excluding carboxylic acids is 2. The number of carbonyl (C=O) groups is 2. The SMILES string of the molecule is O=C1C(C(CCl)c2ccccc2)=C/C(=C2/C=C(C(CCl)c3ccccc3)C(=O)c3ccccc32)c2ccccc21. The standard InChI is InChI=1S/C36H26Cl2O2/c37-21-33(23-11-3-1-4-12-23)31-19-29(25-15-7-9-17-27(25)35(31)39)30-20-32(34(22-38)24-13-5-2-6-14-24)36(40)28-18-10-8-16-26(28)30/h1-20,33-34H,21-22H2/b30-29+. The van der Waals surface area contributed by atoms with Crippen molar-refractivity contribution in [1.82, 2.24) is 0 Å². The lowest BCUT2D eigenvalue weighted by molar-refractivity contribution is 0.101. The van der Waals surface area contributed by atoms with Gasteiger partial charge in [0.05, 0.1) is 0 Å². The summed E-state index contributed by atoms with van der Waals surface area (Å²) in [5.74, 6) is -0.0646. The average molecular weight is 562 g/mol. The fraction of sp³-hybridized carbons (Fsp3) is 0.111. The van der Waals surface area contributed by atoms with Crippen LogP contribution in [0.2, 0.25) is 0 Å². The predicted octanol–water partition coefficient (Wildman–Crippen LogP) is 8.89. The first kappa shape index (κ1) is 26.3. The Hall–Kier alpha value is -3.98. The van der Waals surface area contributed by atoms with Crippen LogP contribution in [0, 0.1) is 0 Å². The second-order valence-corrected chi connectivity index (χ2v) is 10.6. The van der Waals surface area contributed by atoms with Crippen molar-refractivity contribution in [2.75, 3.05) is 11.8 Å². The maximum Gasteiger partial charge on any atom is 0.190 e. The predicted molar refractivity (Wildman–Crippen MR) is 164 cm³/mol. The molecule has 196 valence electrons. The molecule has 0 aromatic heterocycles. The molecule has 0 fully saturated rings. The molecule has 2 nitrogen and oxygen atoms in total. The zero-order valence-corrected chi connectivity index (χ0v) is 23.2. The Morgan fingerprint density at radius 2 is 0.775 bits per heavy atom. The van der Waals surface area contributed by atoms with E-state index in [0.717, 1.165) is 33.4 Å². The first-order valence-corrected chi connectivity index (χ1v) is 14.4. The van der Waals surface area contributed by atoms with Gasteiger partial charge in [-0.3, -0.25) is 9.59 Å². The minimum atomic E-state index is -0.275. The molecule has 0 aliphatic heterocycles. The van der Waals surface area contributed by atoms with Gasteiger partial charge in [-0.1, -0.05) is 109 Å². The van der Waals surface area contributed by atoms with Gasteiger partial charge in [0.1, 0.15) is 0 Å². The van der Waals surface area contributed by atoms with Gasteiger partial charge in [-0.2, -0.15) is 0 Å². The summed E-state index contributed by atoms with van der Waals surface area (Å²) in [6.45, 7) is 0. The number of rotatable bonds is 6. The van der Waals surface area contributed by atoms with Crippen LogP contribution >= 0.6 is 23.2 Å². The maximum absolute atomic E-state index is 13.9. The van der Waals surface area contributed by atoms with Crippen LogP contribution < -0.4 is 0 Å². The number of ketones is 2. The van der Waals surface area contributed by atoms with E-state index >= 15 is 0 Å². The number of hydrogen-bond acceptors (Lipinski definition) is 2. The van der Waals surface area contributed by atoms with Gasteiger partial charge in [0.25, 0.3) is 0 Å². The summed E-state index contributed by atoms with van der Waals surface area (Å²) in [5.41, 5.74) is 8.01. The van der Waals surface area contributed by atoms with Crippen LogP contribution in [0.4, 0.5) is 0 Å². The Bertz CT molecular complexity index is 1570. The van der Waals surface area contributed by atoms with Crippen molar-refractivity contribution in [2.45, 2.75) is 11.8 Å². The van der Waals surface area contributed by atoms with E-state index in [4.69, 9.17) is 23.2 Å². The van der Waals surface area contributed by atoms with E-state index in [-0.39, 0.29) is 35.2 Å². The smallest absolute Gasteiger partial charge is 0.190 e. The molecule has 0 N–H and O–H groups in total. The fourth-order valence-electron chi connectivity index (χ4n) is 5.78. The van der Waals surface area contributed by atoms with E-state index in [1.807, 2.05) is 121 Å². The summed E-state index contributed by atoms with van der Waals surface area (Å²) in [6, 6.07) is 35.1. The molecule has 2 aliphatic rings. The van der Waals surface area contributed by atoms with Gasteiger partial charge >= 0.3 is 0 Å². The topological polar surface area (TPSA) is 34.1 Å². The molecule has 2 unspecified atom stereocenters. The molecule has 0 saturated heterocycles. The van der Waals surface area contributed by atoms with Gasteiger partial charge < -0.3 is 0 Å². The maximum atomic E-state index is 13.9. The highest BCUT2D eigenvalue weighted by molar-refractivity contribution is 6.26. The van der Waals surface area contributed by atoms with Gasteiger partial charge in [-0.05, 0) is 45.6 Å². The second-order valence-electron chi connectivity index (χ2n) is 10.0. The van der Waals surface area contributed by atoms with Gasteiger partial charge in [-0.25, -0.2) is 0 Å². The van der Waals surface area contributed by atoms with Crippen molar-refractivity contribution in [3.8, 4) is 0 Å². The van der Waals surface area contributed by atoms with Crippen LogP contribution in [0.15, 0.2) is 132 Å². The number of halogens is 2. The molecule has 0 amide bonds. The van der Waals surface area contributed by atoms with Crippen molar-refractivity contribution < 1.29 is 9.59 Å². The van der Waals surface area contributed by atoms with Gasteiger partial charge in [0, 0.05) is 45.9 Å². The van der Waals surface area contributed by atoms with Crippen LogP contribution in [0.5, 0.6) is 0 Å². The Labute approximate surface area is 244 Å². The monoisotopic (exact) mass is 560 g/mol. The van der Waals surface area contributed by atoms with Crippen molar-refractivity contribution in [1.29, 1.82) is 0 Å². The highest BCUT2D eigenvalue weighted by Gasteiger charge is 2.34. The molecular weight excluding hydrogens is 535 g/mol. The first-order valence-electron chi connectivity index (χ1n) is 13.3. The van der Waals surface area contributed by atoms with E-state index < -0.39 is 0 Å². The first-order chi connectivity index (χ1) is 19.6. The quantitative estimate of drug-likeness (QED) is 0.220. The van der Waals surface area contributed by atoms with Gasteiger partial charge in [-0.15, -0.1) is 23.2 Å². The minimum absolute atomic E-state index is 0.0262. The van der Waals surface area contributed by atoms with Gasteiger partial charge in [0.15, 0.2) is 11.6 Å². The lowest BCUT2D eigenvalue weighted by Crippen LogP contribution is -2.21. The third-order valence-electron chi connectivity index (χ3n) is 7.80. The molecule has 0 spiro atoms. The molecule has 2 aliphatic carbocycles. The number of alkyl halides is 2. The van der Waals surface area contributed by atoms with E-state index in [0.29, 0.717) is 22.3 Å². The Morgan fingerprint density at radius 3 is 1.12 bits per heavy atom. The average Bonchev–Trinajstić information content (AvgIpc) is 3.01. The molecule has 0 radical (unpaired) electrons. The molecule has 0 bridgehead atoms. The highest BCUT2D eigenvalue weighted by atomic mass is 35.5. The van der Waals surface area contributed by atoms with Crippen molar-refractivity contribution in [3.63, 3.8) is 0 Å². The van der Waals surface area contributed by atoms with Crippen molar-refractivity contribution in [3.05, 3.63) is 166 Å². The van der Waals surface area contributed by atoms with E-state index in [1.165, 1.54) is 0 Å². The summed E-state index contributed by atoms with van der Waals surface area (Å²) < 4.78 is 0. The number of allylic oxidation sites excluding steroid dienone is 6. The van der Waals surface area contributed by atoms with Gasteiger partial charge in [0.2, 0.25) is 0 Å². The molecule has 6 rings (SSSR count). The molecule has 0 saturated carbocycles. The molecule has 40 heavy (non-hydrogen) atoms. The zero-order chi connectivity index (χ0) is 27.6. The molecule has 0 heterocycles. The van der Waals surface area contributed by atoms with Crippen LogP contribution in [0.25, 0.3) is 11.1 Å². The molecule has 4 heteroatoms. The van der Waals surface area contributed by atoms with E-state index in [9.17, 15) is 9.59 Å². The fourth-order valence-corrected chi connectivity index (χ4v) is 6.47. The van der Waals surface area contributed by atoms with Crippen LogP contribution in [0.3, 0.4) is 0 Å². The Balaban J connectivity index is 1.64. The normalized spacial score (nSPS) is 17.9. The number of Topliss-reactive ketones (excluding diaryl/α,β-unsaturated/α-hetero) is 2. The Kier molecular flexibility index (Phi) is 7.38. The second kappa shape index (κ2) is 11.3. The summed E-state index contributed by atoms with van der Waals surface area (Å²) >= 11 is 13.1. The summed E-state index contributed by atoms with van der Waals surface area (Å²) in [4.78, 5) is 27.8. The lowest BCUT2D eigenvalue weighted by atomic mass is 9.74. The molecule has 4 aromatic rings. The van der Waals surface area contributed by atoms with Crippen molar-refractivity contribution >= 4 is 45.9 Å². The third-order valence-corrected chi connectivity index (χ3v) is 8.42. The van der Waals surface area contributed by atoms with Crippen molar-refractivity contribution in [2.24, 2.45) is 0 Å². The summed E-state index contributed by atoms with van der Waals surface area (Å²) in [5, 5.41) is 0.